The lowest BCUT2D eigenvalue weighted by Gasteiger charge is -2.07. The van der Waals surface area contributed by atoms with Crippen molar-refractivity contribution in [2.45, 2.75) is 52.0 Å². The summed E-state index contributed by atoms with van der Waals surface area (Å²) in [7, 11) is 0. The first kappa shape index (κ1) is 15.1. The Bertz CT molecular complexity index is 659. The minimum atomic E-state index is -0.0293. The zero-order valence-electron chi connectivity index (χ0n) is 13.0. The van der Waals surface area contributed by atoms with Crippen molar-refractivity contribution < 1.29 is 4.79 Å². The molecule has 0 radical (unpaired) electrons. The molecule has 2 aromatic rings. The number of rotatable bonds is 7. The number of amides is 1. The van der Waals surface area contributed by atoms with E-state index < -0.39 is 0 Å². The lowest BCUT2D eigenvalue weighted by molar-refractivity contribution is 0.0955. The standard InChI is InChI=1S/C15H21N5OS/c1-3-4-12-18-10(2)13(22-12)15(21)16-7-8-20-9-17-19-14(20)11-5-6-11/h9,11H,3-8H2,1-2H3,(H,16,21). The zero-order chi connectivity index (χ0) is 15.5. The summed E-state index contributed by atoms with van der Waals surface area (Å²) in [6.45, 7) is 5.31. The molecule has 0 saturated heterocycles. The number of aromatic nitrogens is 4. The maximum atomic E-state index is 12.3. The molecule has 6 nitrogen and oxygen atoms in total. The van der Waals surface area contributed by atoms with Crippen LogP contribution in [-0.2, 0) is 13.0 Å². The molecule has 1 aliphatic carbocycles. The summed E-state index contributed by atoms with van der Waals surface area (Å²) in [4.78, 5) is 17.5. The number of carbonyl (C=O) groups is 1. The molecular formula is C15H21N5OS. The van der Waals surface area contributed by atoms with Crippen LogP contribution in [0.15, 0.2) is 6.33 Å². The Morgan fingerprint density at radius 1 is 1.50 bits per heavy atom. The summed E-state index contributed by atoms with van der Waals surface area (Å²) >= 11 is 1.50. The van der Waals surface area contributed by atoms with Crippen LogP contribution in [0, 0.1) is 6.92 Å². The van der Waals surface area contributed by atoms with E-state index in [0.717, 1.165) is 34.2 Å². The second kappa shape index (κ2) is 6.56. The highest BCUT2D eigenvalue weighted by atomic mass is 32.1. The van der Waals surface area contributed by atoms with Crippen LogP contribution in [0.25, 0.3) is 0 Å². The normalized spacial score (nSPS) is 14.3. The molecule has 22 heavy (non-hydrogen) atoms. The third-order valence-corrected chi connectivity index (χ3v) is 4.95. The van der Waals surface area contributed by atoms with Crippen molar-refractivity contribution >= 4 is 17.2 Å². The zero-order valence-corrected chi connectivity index (χ0v) is 13.8. The molecule has 0 unspecified atom stereocenters. The summed E-state index contributed by atoms with van der Waals surface area (Å²) in [6, 6.07) is 0. The number of carbonyl (C=O) groups excluding carboxylic acids is 1. The number of aryl methyl sites for hydroxylation is 2. The molecule has 3 rings (SSSR count). The monoisotopic (exact) mass is 319 g/mol. The first-order chi connectivity index (χ1) is 10.7. The highest BCUT2D eigenvalue weighted by Gasteiger charge is 2.28. The van der Waals surface area contributed by atoms with Gasteiger partial charge in [-0.3, -0.25) is 4.79 Å². The molecule has 0 aliphatic heterocycles. The Balaban J connectivity index is 1.54. The lowest BCUT2D eigenvalue weighted by Crippen LogP contribution is -2.27. The van der Waals surface area contributed by atoms with Crippen LogP contribution in [0.5, 0.6) is 0 Å². The van der Waals surface area contributed by atoms with Crippen molar-refractivity contribution in [3.8, 4) is 0 Å². The summed E-state index contributed by atoms with van der Waals surface area (Å²) < 4.78 is 2.04. The topological polar surface area (TPSA) is 72.7 Å². The van der Waals surface area contributed by atoms with E-state index >= 15 is 0 Å². The SMILES string of the molecule is CCCc1nc(C)c(C(=O)NCCn2cnnc2C2CC2)s1. The second-order valence-corrected chi connectivity index (χ2v) is 6.77. The Morgan fingerprint density at radius 2 is 2.32 bits per heavy atom. The van der Waals surface area contributed by atoms with Crippen LogP contribution in [0.2, 0.25) is 0 Å². The van der Waals surface area contributed by atoms with Gasteiger partial charge in [-0.25, -0.2) is 4.98 Å². The van der Waals surface area contributed by atoms with Gasteiger partial charge in [0.2, 0.25) is 0 Å². The van der Waals surface area contributed by atoms with Crippen LogP contribution in [-0.4, -0.2) is 32.2 Å². The largest absolute Gasteiger partial charge is 0.349 e. The van der Waals surface area contributed by atoms with Crippen molar-refractivity contribution in [1.29, 1.82) is 0 Å². The molecule has 1 amide bonds. The molecule has 0 spiro atoms. The van der Waals surface area contributed by atoms with Crippen molar-refractivity contribution in [3.05, 3.63) is 27.7 Å². The second-order valence-electron chi connectivity index (χ2n) is 5.68. The van der Waals surface area contributed by atoms with Crippen LogP contribution in [0.3, 0.4) is 0 Å². The molecule has 1 fully saturated rings. The van der Waals surface area contributed by atoms with Gasteiger partial charge in [0.1, 0.15) is 17.0 Å². The molecule has 0 atom stereocenters. The van der Waals surface area contributed by atoms with E-state index in [1.54, 1.807) is 6.33 Å². The minimum Gasteiger partial charge on any atom is -0.349 e. The summed E-state index contributed by atoms with van der Waals surface area (Å²) in [5.41, 5.74) is 0.828. The van der Waals surface area contributed by atoms with Crippen LogP contribution in [0.1, 0.15) is 58.3 Å². The lowest BCUT2D eigenvalue weighted by atomic mass is 10.3. The number of nitrogens with one attached hydrogen (secondary N) is 1. The van der Waals surface area contributed by atoms with Gasteiger partial charge in [0, 0.05) is 19.0 Å². The molecule has 1 N–H and O–H groups in total. The van der Waals surface area contributed by atoms with Crippen LogP contribution in [0.4, 0.5) is 0 Å². The number of hydrogen-bond donors (Lipinski definition) is 1. The van der Waals surface area contributed by atoms with E-state index in [2.05, 4.69) is 27.4 Å². The molecule has 118 valence electrons. The van der Waals surface area contributed by atoms with E-state index in [9.17, 15) is 4.79 Å². The van der Waals surface area contributed by atoms with Gasteiger partial charge in [-0.2, -0.15) is 0 Å². The highest BCUT2D eigenvalue weighted by Crippen LogP contribution is 2.38. The number of thiazole rings is 1. The Labute approximate surface area is 134 Å². The molecule has 0 aromatic carbocycles. The molecule has 7 heteroatoms. The van der Waals surface area contributed by atoms with E-state index in [0.29, 0.717) is 19.0 Å². The smallest absolute Gasteiger partial charge is 0.263 e. The third-order valence-electron chi connectivity index (χ3n) is 3.74. The van der Waals surface area contributed by atoms with E-state index in [1.807, 2.05) is 11.5 Å². The highest BCUT2D eigenvalue weighted by molar-refractivity contribution is 7.13. The predicted octanol–water partition coefficient (Wildman–Crippen LogP) is 2.30. The average Bonchev–Trinajstić information content (AvgIpc) is 3.12. The van der Waals surface area contributed by atoms with E-state index in [-0.39, 0.29) is 5.91 Å². The minimum absolute atomic E-state index is 0.0293. The fraction of sp³-hybridized carbons (Fsp3) is 0.600. The van der Waals surface area contributed by atoms with Crippen LogP contribution >= 0.6 is 11.3 Å². The van der Waals surface area contributed by atoms with Gasteiger partial charge in [0.05, 0.1) is 10.7 Å². The summed E-state index contributed by atoms with van der Waals surface area (Å²) in [6.07, 6.45) is 6.13. The fourth-order valence-corrected chi connectivity index (χ4v) is 3.53. The number of hydrogen-bond acceptors (Lipinski definition) is 5. The fourth-order valence-electron chi connectivity index (χ4n) is 2.45. The molecule has 2 heterocycles. The quantitative estimate of drug-likeness (QED) is 0.850. The van der Waals surface area contributed by atoms with Gasteiger partial charge in [0.25, 0.3) is 5.91 Å². The van der Waals surface area contributed by atoms with Gasteiger partial charge < -0.3 is 9.88 Å². The maximum Gasteiger partial charge on any atom is 0.263 e. The molecular weight excluding hydrogens is 298 g/mol. The Hall–Kier alpha value is -1.76. The van der Waals surface area contributed by atoms with E-state index in [4.69, 9.17) is 0 Å². The number of nitrogens with zero attached hydrogens (tertiary/aromatic N) is 4. The van der Waals surface area contributed by atoms with Crippen molar-refractivity contribution in [1.82, 2.24) is 25.1 Å². The maximum absolute atomic E-state index is 12.3. The van der Waals surface area contributed by atoms with Crippen molar-refractivity contribution in [3.63, 3.8) is 0 Å². The molecule has 2 aromatic heterocycles. The Morgan fingerprint density at radius 3 is 3.05 bits per heavy atom. The van der Waals surface area contributed by atoms with E-state index in [1.165, 1.54) is 24.2 Å². The summed E-state index contributed by atoms with van der Waals surface area (Å²) in [5.74, 6) is 1.59. The molecule has 1 saturated carbocycles. The van der Waals surface area contributed by atoms with Gasteiger partial charge >= 0.3 is 0 Å². The average molecular weight is 319 g/mol. The van der Waals surface area contributed by atoms with Gasteiger partial charge in [-0.05, 0) is 32.6 Å². The third kappa shape index (κ3) is 3.35. The first-order valence-corrected chi connectivity index (χ1v) is 8.63. The molecule has 1 aliphatic rings. The summed E-state index contributed by atoms with van der Waals surface area (Å²) in [5, 5.41) is 12.2. The van der Waals surface area contributed by atoms with Gasteiger partial charge in [0.15, 0.2) is 0 Å². The predicted molar refractivity (Wildman–Crippen MR) is 85.2 cm³/mol. The first-order valence-electron chi connectivity index (χ1n) is 7.81. The van der Waals surface area contributed by atoms with Crippen molar-refractivity contribution in [2.24, 2.45) is 0 Å². The Kier molecular flexibility index (Phi) is 4.52. The van der Waals surface area contributed by atoms with Gasteiger partial charge in [-0.1, -0.05) is 6.92 Å². The molecule has 0 bridgehead atoms. The van der Waals surface area contributed by atoms with Crippen LogP contribution < -0.4 is 5.32 Å². The van der Waals surface area contributed by atoms with Gasteiger partial charge in [-0.15, -0.1) is 21.5 Å². The van der Waals surface area contributed by atoms with Crippen molar-refractivity contribution in [2.75, 3.05) is 6.54 Å².